The Morgan fingerprint density at radius 2 is 1.94 bits per heavy atom. The molecule has 0 saturated carbocycles. The summed E-state index contributed by atoms with van der Waals surface area (Å²) in [5.41, 5.74) is 0.352. The summed E-state index contributed by atoms with van der Waals surface area (Å²) in [7, 11) is 4.31. The van der Waals surface area contributed by atoms with Gasteiger partial charge < -0.3 is 10.2 Å². The zero-order valence-corrected chi connectivity index (χ0v) is 12.6. The van der Waals surface area contributed by atoms with Gasteiger partial charge in [0.2, 0.25) is 0 Å². The van der Waals surface area contributed by atoms with Crippen LogP contribution in [0.5, 0.6) is 0 Å². The molecule has 0 aromatic carbocycles. The average molecular weight is 241 g/mol. The number of nitrogens with one attached hydrogen (secondary N) is 1. The molecule has 1 aliphatic rings. The average Bonchev–Trinajstić information content (AvgIpc) is 2.19. The minimum absolute atomic E-state index is 0.352. The number of hydrogen-bond donors (Lipinski definition) is 1. The highest BCUT2D eigenvalue weighted by atomic mass is 15.3. The maximum absolute atomic E-state index is 3.47. The topological polar surface area (TPSA) is 18.5 Å². The number of hydrogen-bond acceptors (Lipinski definition) is 3. The maximum atomic E-state index is 3.47. The van der Waals surface area contributed by atoms with E-state index < -0.39 is 0 Å². The molecule has 17 heavy (non-hydrogen) atoms. The Labute approximate surface area is 108 Å². The lowest BCUT2D eigenvalue weighted by Crippen LogP contribution is -2.52. The first-order valence-electron chi connectivity index (χ1n) is 6.94. The van der Waals surface area contributed by atoms with Crippen LogP contribution in [0.4, 0.5) is 0 Å². The van der Waals surface area contributed by atoms with Gasteiger partial charge in [-0.05, 0) is 32.9 Å². The summed E-state index contributed by atoms with van der Waals surface area (Å²) in [6.45, 7) is 14.2. The summed E-state index contributed by atoms with van der Waals surface area (Å²) in [6.07, 6.45) is 1.24. The normalized spacial score (nSPS) is 26.1. The zero-order chi connectivity index (χ0) is 13.1. The molecule has 1 saturated heterocycles. The second-order valence-electron chi connectivity index (χ2n) is 6.64. The van der Waals surface area contributed by atoms with Crippen molar-refractivity contribution in [2.75, 3.05) is 40.3 Å². The highest BCUT2D eigenvalue weighted by Crippen LogP contribution is 2.22. The van der Waals surface area contributed by atoms with Gasteiger partial charge in [0.1, 0.15) is 0 Å². The second-order valence-corrected chi connectivity index (χ2v) is 6.64. The van der Waals surface area contributed by atoms with Gasteiger partial charge in [0.25, 0.3) is 0 Å². The fourth-order valence-corrected chi connectivity index (χ4v) is 2.81. The van der Waals surface area contributed by atoms with Crippen LogP contribution in [0.25, 0.3) is 0 Å². The fourth-order valence-electron chi connectivity index (χ4n) is 2.81. The molecule has 0 bridgehead atoms. The molecule has 3 heteroatoms. The van der Waals surface area contributed by atoms with Gasteiger partial charge in [-0.3, -0.25) is 4.90 Å². The van der Waals surface area contributed by atoms with E-state index in [4.69, 9.17) is 0 Å². The lowest BCUT2D eigenvalue weighted by Gasteiger charge is -2.40. The Hall–Kier alpha value is -0.120. The predicted molar refractivity (Wildman–Crippen MR) is 75.5 cm³/mol. The third-order valence-corrected chi connectivity index (χ3v) is 4.07. The minimum atomic E-state index is 0.352. The highest BCUT2D eigenvalue weighted by Gasteiger charge is 2.26. The molecule has 2 atom stereocenters. The summed E-state index contributed by atoms with van der Waals surface area (Å²) in [5.74, 6) is 0. The number of piperazine rings is 1. The van der Waals surface area contributed by atoms with Gasteiger partial charge in [-0.1, -0.05) is 20.8 Å². The SMILES string of the molecule is CNC(CCN1CCN(C)CC1C)C(C)(C)C. The van der Waals surface area contributed by atoms with Crippen LogP contribution in [0, 0.1) is 5.41 Å². The van der Waals surface area contributed by atoms with Crippen molar-refractivity contribution >= 4 is 0 Å². The molecular weight excluding hydrogens is 210 g/mol. The summed E-state index contributed by atoms with van der Waals surface area (Å²) < 4.78 is 0. The van der Waals surface area contributed by atoms with E-state index in [-0.39, 0.29) is 0 Å². The number of rotatable bonds is 4. The van der Waals surface area contributed by atoms with Crippen LogP contribution in [0.2, 0.25) is 0 Å². The first-order valence-corrected chi connectivity index (χ1v) is 6.94. The van der Waals surface area contributed by atoms with E-state index in [1.165, 1.54) is 32.6 Å². The van der Waals surface area contributed by atoms with Gasteiger partial charge in [0.15, 0.2) is 0 Å². The molecule has 102 valence electrons. The molecular formula is C14H31N3. The van der Waals surface area contributed by atoms with Gasteiger partial charge in [0, 0.05) is 38.3 Å². The van der Waals surface area contributed by atoms with Crippen LogP contribution < -0.4 is 5.32 Å². The van der Waals surface area contributed by atoms with Gasteiger partial charge in [0.05, 0.1) is 0 Å². The Bertz CT molecular complexity index is 222. The van der Waals surface area contributed by atoms with Gasteiger partial charge >= 0.3 is 0 Å². The van der Waals surface area contributed by atoms with Gasteiger partial charge in [-0.15, -0.1) is 0 Å². The van der Waals surface area contributed by atoms with E-state index in [1.54, 1.807) is 0 Å². The monoisotopic (exact) mass is 241 g/mol. The molecule has 1 fully saturated rings. The van der Waals surface area contributed by atoms with Crippen molar-refractivity contribution in [3.63, 3.8) is 0 Å². The van der Waals surface area contributed by atoms with Crippen molar-refractivity contribution in [3.8, 4) is 0 Å². The molecule has 0 amide bonds. The van der Waals surface area contributed by atoms with E-state index in [0.717, 1.165) is 0 Å². The van der Waals surface area contributed by atoms with Crippen molar-refractivity contribution in [2.24, 2.45) is 5.41 Å². The molecule has 0 aromatic heterocycles. The van der Waals surface area contributed by atoms with E-state index in [1.807, 2.05) is 0 Å². The Balaban J connectivity index is 2.39. The third kappa shape index (κ3) is 4.57. The molecule has 1 aliphatic heterocycles. The van der Waals surface area contributed by atoms with Crippen molar-refractivity contribution < 1.29 is 0 Å². The van der Waals surface area contributed by atoms with Crippen molar-refractivity contribution in [1.82, 2.24) is 15.1 Å². The number of nitrogens with zero attached hydrogens (tertiary/aromatic N) is 2. The lowest BCUT2D eigenvalue weighted by molar-refractivity contribution is 0.0904. The van der Waals surface area contributed by atoms with Gasteiger partial charge in [-0.25, -0.2) is 0 Å². The summed E-state index contributed by atoms with van der Waals surface area (Å²) >= 11 is 0. The highest BCUT2D eigenvalue weighted by molar-refractivity contribution is 4.83. The smallest absolute Gasteiger partial charge is 0.0195 e. The molecule has 1 N–H and O–H groups in total. The van der Waals surface area contributed by atoms with Crippen molar-refractivity contribution in [2.45, 2.75) is 46.2 Å². The molecule has 2 unspecified atom stereocenters. The lowest BCUT2D eigenvalue weighted by atomic mass is 9.84. The third-order valence-electron chi connectivity index (χ3n) is 4.07. The summed E-state index contributed by atoms with van der Waals surface area (Å²) in [5, 5.41) is 3.47. The molecule has 0 spiro atoms. The predicted octanol–water partition coefficient (Wildman–Crippen LogP) is 1.65. The largest absolute Gasteiger partial charge is 0.316 e. The van der Waals surface area contributed by atoms with Crippen LogP contribution in [0.3, 0.4) is 0 Å². The summed E-state index contributed by atoms with van der Waals surface area (Å²) in [6, 6.07) is 1.31. The quantitative estimate of drug-likeness (QED) is 0.807. The molecule has 3 nitrogen and oxygen atoms in total. The standard InChI is InChI=1S/C14H31N3/c1-12-11-16(6)9-10-17(12)8-7-13(15-5)14(2,3)4/h12-13,15H,7-11H2,1-6H3. The van der Waals surface area contributed by atoms with Crippen LogP contribution in [-0.2, 0) is 0 Å². The first-order chi connectivity index (χ1) is 7.84. The van der Waals surface area contributed by atoms with E-state index in [0.29, 0.717) is 17.5 Å². The Morgan fingerprint density at radius 3 is 2.41 bits per heavy atom. The van der Waals surface area contributed by atoms with Crippen LogP contribution in [0.15, 0.2) is 0 Å². The molecule has 0 aromatic rings. The summed E-state index contributed by atoms with van der Waals surface area (Å²) in [4.78, 5) is 5.07. The minimum Gasteiger partial charge on any atom is -0.316 e. The Morgan fingerprint density at radius 1 is 1.29 bits per heavy atom. The second kappa shape index (κ2) is 6.17. The molecule has 0 radical (unpaired) electrons. The molecule has 1 rings (SSSR count). The van der Waals surface area contributed by atoms with Crippen LogP contribution in [0.1, 0.15) is 34.1 Å². The molecule has 0 aliphatic carbocycles. The van der Waals surface area contributed by atoms with E-state index in [2.05, 4.69) is 56.9 Å². The zero-order valence-electron chi connectivity index (χ0n) is 12.6. The fraction of sp³-hybridized carbons (Fsp3) is 1.00. The van der Waals surface area contributed by atoms with Crippen LogP contribution in [-0.4, -0.2) is 62.2 Å². The maximum Gasteiger partial charge on any atom is 0.0195 e. The first kappa shape index (κ1) is 14.9. The van der Waals surface area contributed by atoms with Crippen molar-refractivity contribution in [1.29, 1.82) is 0 Å². The Kier molecular flexibility index (Phi) is 5.42. The molecule has 1 heterocycles. The van der Waals surface area contributed by atoms with E-state index >= 15 is 0 Å². The van der Waals surface area contributed by atoms with Gasteiger partial charge in [-0.2, -0.15) is 0 Å². The number of likely N-dealkylation sites (N-methyl/N-ethyl adjacent to an activating group) is 1. The van der Waals surface area contributed by atoms with Crippen LogP contribution >= 0.6 is 0 Å². The van der Waals surface area contributed by atoms with Crippen molar-refractivity contribution in [3.05, 3.63) is 0 Å². The van der Waals surface area contributed by atoms with E-state index in [9.17, 15) is 0 Å².